The van der Waals surface area contributed by atoms with Crippen LogP contribution in [0.4, 0.5) is 5.82 Å². The number of hydrogen-bond donors (Lipinski definition) is 1. The molecular formula is C12H17ClN4. The first-order valence-corrected chi connectivity index (χ1v) is 6.26. The van der Waals surface area contributed by atoms with Crippen molar-refractivity contribution in [3.05, 3.63) is 24.2 Å². The van der Waals surface area contributed by atoms with E-state index in [1.54, 1.807) is 6.20 Å². The number of halogens is 1. The molecule has 2 heterocycles. The SMILES string of the molecule is CCC(C)(CCl)Nc1nccn2nc(C)cc12. The third-order valence-corrected chi connectivity index (χ3v) is 3.60. The van der Waals surface area contributed by atoms with Crippen molar-refractivity contribution in [3.8, 4) is 0 Å². The molecule has 2 aromatic rings. The Bertz CT molecular complexity index is 516. The van der Waals surface area contributed by atoms with E-state index in [2.05, 4.69) is 29.2 Å². The minimum atomic E-state index is -0.144. The molecule has 0 aliphatic carbocycles. The fraction of sp³-hybridized carbons (Fsp3) is 0.500. The molecule has 92 valence electrons. The Kier molecular flexibility index (Phi) is 3.24. The fourth-order valence-corrected chi connectivity index (χ4v) is 1.90. The van der Waals surface area contributed by atoms with Gasteiger partial charge in [0.1, 0.15) is 5.52 Å². The Hall–Kier alpha value is -1.29. The molecule has 0 spiro atoms. The van der Waals surface area contributed by atoms with E-state index in [-0.39, 0.29) is 5.54 Å². The van der Waals surface area contributed by atoms with Crippen LogP contribution in [0, 0.1) is 6.92 Å². The molecule has 2 rings (SSSR count). The van der Waals surface area contributed by atoms with Gasteiger partial charge >= 0.3 is 0 Å². The van der Waals surface area contributed by atoms with E-state index in [9.17, 15) is 0 Å². The van der Waals surface area contributed by atoms with Crippen LogP contribution in [-0.2, 0) is 0 Å². The highest BCUT2D eigenvalue weighted by molar-refractivity contribution is 6.18. The lowest BCUT2D eigenvalue weighted by Gasteiger charge is -2.27. The molecule has 0 saturated heterocycles. The molecule has 0 radical (unpaired) electrons. The first-order chi connectivity index (χ1) is 8.08. The molecule has 0 aliphatic rings. The summed E-state index contributed by atoms with van der Waals surface area (Å²) in [5.41, 5.74) is 1.81. The Balaban J connectivity index is 2.42. The van der Waals surface area contributed by atoms with Gasteiger partial charge in [0.2, 0.25) is 0 Å². The lowest BCUT2D eigenvalue weighted by atomic mass is 10.0. The Morgan fingerprint density at radius 2 is 2.29 bits per heavy atom. The van der Waals surface area contributed by atoms with Gasteiger partial charge in [0.25, 0.3) is 0 Å². The van der Waals surface area contributed by atoms with Crippen molar-refractivity contribution in [2.75, 3.05) is 11.2 Å². The van der Waals surface area contributed by atoms with Gasteiger partial charge in [0, 0.05) is 23.8 Å². The first kappa shape index (κ1) is 12.2. The van der Waals surface area contributed by atoms with Gasteiger partial charge in [-0.2, -0.15) is 5.10 Å². The van der Waals surface area contributed by atoms with Crippen LogP contribution in [0.15, 0.2) is 18.5 Å². The topological polar surface area (TPSA) is 42.2 Å². The fourth-order valence-electron chi connectivity index (χ4n) is 1.64. The molecule has 2 aromatic heterocycles. The second-order valence-corrected chi connectivity index (χ2v) is 4.83. The van der Waals surface area contributed by atoms with Gasteiger partial charge in [-0.3, -0.25) is 0 Å². The largest absolute Gasteiger partial charge is 0.362 e. The molecular weight excluding hydrogens is 236 g/mol. The Labute approximate surface area is 106 Å². The van der Waals surface area contributed by atoms with E-state index in [1.807, 2.05) is 23.7 Å². The Morgan fingerprint density at radius 1 is 1.53 bits per heavy atom. The molecule has 5 heteroatoms. The normalized spacial score (nSPS) is 14.8. The monoisotopic (exact) mass is 252 g/mol. The zero-order valence-electron chi connectivity index (χ0n) is 10.4. The summed E-state index contributed by atoms with van der Waals surface area (Å²) in [6.07, 6.45) is 4.52. The molecule has 0 saturated carbocycles. The quantitative estimate of drug-likeness (QED) is 0.851. The third-order valence-electron chi connectivity index (χ3n) is 3.01. The van der Waals surface area contributed by atoms with Crippen molar-refractivity contribution >= 4 is 22.9 Å². The average molecular weight is 253 g/mol. The zero-order valence-corrected chi connectivity index (χ0v) is 11.1. The molecule has 1 unspecified atom stereocenters. The second-order valence-electron chi connectivity index (χ2n) is 4.56. The van der Waals surface area contributed by atoms with Gasteiger partial charge in [-0.15, -0.1) is 11.6 Å². The van der Waals surface area contributed by atoms with Crippen molar-refractivity contribution in [1.82, 2.24) is 14.6 Å². The highest BCUT2D eigenvalue weighted by Gasteiger charge is 2.22. The lowest BCUT2D eigenvalue weighted by molar-refractivity contribution is 0.551. The predicted octanol–water partition coefficient (Wildman–Crippen LogP) is 2.86. The molecule has 0 aromatic carbocycles. The number of alkyl halides is 1. The zero-order chi connectivity index (χ0) is 12.5. The van der Waals surface area contributed by atoms with Crippen LogP contribution >= 0.6 is 11.6 Å². The number of hydrogen-bond acceptors (Lipinski definition) is 3. The van der Waals surface area contributed by atoms with Gasteiger partial charge in [-0.05, 0) is 26.3 Å². The molecule has 0 fully saturated rings. The summed E-state index contributed by atoms with van der Waals surface area (Å²) in [5.74, 6) is 1.37. The van der Waals surface area contributed by atoms with E-state index < -0.39 is 0 Å². The average Bonchev–Trinajstić information content (AvgIpc) is 2.70. The number of anilines is 1. The van der Waals surface area contributed by atoms with E-state index in [0.29, 0.717) is 5.88 Å². The van der Waals surface area contributed by atoms with Gasteiger partial charge in [0.05, 0.1) is 5.69 Å². The minimum Gasteiger partial charge on any atom is -0.362 e. The molecule has 17 heavy (non-hydrogen) atoms. The van der Waals surface area contributed by atoms with E-state index >= 15 is 0 Å². The molecule has 1 N–H and O–H groups in total. The van der Waals surface area contributed by atoms with E-state index in [4.69, 9.17) is 11.6 Å². The maximum absolute atomic E-state index is 6.00. The predicted molar refractivity (Wildman–Crippen MR) is 70.8 cm³/mol. The van der Waals surface area contributed by atoms with E-state index in [0.717, 1.165) is 23.4 Å². The van der Waals surface area contributed by atoms with Gasteiger partial charge < -0.3 is 5.32 Å². The number of aryl methyl sites for hydroxylation is 1. The lowest BCUT2D eigenvalue weighted by Crippen LogP contribution is -2.36. The molecule has 0 bridgehead atoms. The first-order valence-electron chi connectivity index (χ1n) is 5.73. The minimum absolute atomic E-state index is 0.144. The van der Waals surface area contributed by atoms with Crippen molar-refractivity contribution in [2.45, 2.75) is 32.7 Å². The van der Waals surface area contributed by atoms with Gasteiger partial charge in [-0.25, -0.2) is 9.50 Å². The van der Waals surface area contributed by atoms with E-state index in [1.165, 1.54) is 0 Å². The number of nitrogens with zero attached hydrogens (tertiary/aromatic N) is 3. The second kappa shape index (κ2) is 4.53. The van der Waals surface area contributed by atoms with Gasteiger partial charge in [0.15, 0.2) is 5.82 Å². The molecule has 4 nitrogen and oxygen atoms in total. The Morgan fingerprint density at radius 3 is 2.94 bits per heavy atom. The highest BCUT2D eigenvalue weighted by Crippen LogP contribution is 2.22. The van der Waals surface area contributed by atoms with Crippen LogP contribution < -0.4 is 5.32 Å². The molecule has 0 aliphatic heterocycles. The van der Waals surface area contributed by atoms with Crippen LogP contribution in [0.1, 0.15) is 26.0 Å². The summed E-state index contributed by atoms with van der Waals surface area (Å²) in [6.45, 7) is 6.17. The summed E-state index contributed by atoms with van der Waals surface area (Å²) >= 11 is 6.00. The summed E-state index contributed by atoms with van der Waals surface area (Å²) in [7, 11) is 0. The molecule has 1 atom stereocenters. The number of fused-ring (bicyclic) bond motifs is 1. The summed E-state index contributed by atoms with van der Waals surface area (Å²) in [5, 5.41) is 7.77. The maximum Gasteiger partial charge on any atom is 0.152 e. The molecule has 0 amide bonds. The third kappa shape index (κ3) is 2.36. The number of aromatic nitrogens is 3. The number of rotatable bonds is 4. The summed E-state index contributed by atoms with van der Waals surface area (Å²) in [6, 6.07) is 2.01. The van der Waals surface area contributed by atoms with Crippen molar-refractivity contribution in [2.24, 2.45) is 0 Å². The smallest absolute Gasteiger partial charge is 0.152 e. The van der Waals surface area contributed by atoms with Crippen molar-refractivity contribution in [1.29, 1.82) is 0 Å². The maximum atomic E-state index is 6.00. The highest BCUT2D eigenvalue weighted by atomic mass is 35.5. The number of nitrogens with one attached hydrogen (secondary N) is 1. The van der Waals surface area contributed by atoms with Crippen LogP contribution in [0.2, 0.25) is 0 Å². The van der Waals surface area contributed by atoms with Gasteiger partial charge in [-0.1, -0.05) is 6.92 Å². The van der Waals surface area contributed by atoms with Crippen molar-refractivity contribution < 1.29 is 0 Å². The standard InChI is InChI=1S/C12H17ClN4/c1-4-12(3,8-13)15-11-10-7-9(2)16-17(10)6-5-14-11/h5-7H,4,8H2,1-3H3,(H,14,15). The van der Waals surface area contributed by atoms with Crippen LogP contribution in [-0.4, -0.2) is 26.0 Å². The van der Waals surface area contributed by atoms with Crippen LogP contribution in [0.25, 0.3) is 5.52 Å². The van der Waals surface area contributed by atoms with Crippen molar-refractivity contribution in [3.63, 3.8) is 0 Å². The van der Waals surface area contributed by atoms with Crippen LogP contribution in [0.3, 0.4) is 0 Å². The summed E-state index contributed by atoms with van der Waals surface area (Å²) in [4.78, 5) is 4.37. The summed E-state index contributed by atoms with van der Waals surface area (Å²) < 4.78 is 1.83. The van der Waals surface area contributed by atoms with Crippen LogP contribution in [0.5, 0.6) is 0 Å².